The number of carbonyl (C=O) groups excluding carboxylic acids is 1. The molecule has 0 bridgehead atoms. The molecule has 0 aromatic carbocycles. The lowest BCUT2D eigenvalue weighted by Gasteiger charge is -2.26. The summed E-state index contributed by atoms with van der Waals surface area (Å²) in [6, 6.07) is 0.955. The van der Waals surface area contributed by atoms with Gasteiger partial charge in [0, 0.05) is 25.2 Å². The monoisotopic (exact) mass is 268 g/mol. The zero-order valence-corrected chi connectivity index (χ0v) is 13.0. The van der Waals surface area contributed by atoms with Crippen LogP contribution in [0.3, 0.4) is 0 Å². The van der Waals surface area contributed by atoms with Gasteiger partial charge in [0.2, 0.25) is 0 Å². The molecule has 2 rings (SSSR count). The minimum atomic E-state index is -0.405. The summed E-state index contributed by atoms with van der Waals surface area (Å²) in [5, 5.41) is 3.68. The summed E-state index contributed by atoms with van der Waals surface area (Å²) in [6.07, 6.45) is 3.49. The van der Waals surface area contributed by atoms with Crippen molar-refractivity contribution in [1.29, 1.82) is 0 Å². The lowest BCUT2D eigenvalue weighted by molar-refractivity contribution is 0.0290. The third-order valence-corrected chi connectivity index (χ3v) is 4.41. The van der Waals surface area contributed by atoms with Gasteiger partial charge in [-0.3, -0.25) is 0 Å². The van der Waals surface area contributed by atoms with E-state index >= 15 is 0 Å². The Labute approximate surface area is 116 Å². The Morgan fingerprint density at radius 2 is 2.05 bits per heavy atom. The molecule has 0 aromatic rings. The Morgan fingerprint density at radius 1 is 1.42 bits per heavy atom. The van der Waals surface area contributed by atoms with E-state index < -0.39 is 5.60 Å². The average Bonchev–Trinajstić information content (AvgIpc) is 2.85. The molecule has 2 atom stereocenters. The van der Waals surface area contributed by atoms with Gasteiger partial charge in [0.05, 0.1) is 0 Å². The molecule has 1 amide bonds. The van der Waals surface area contributed by atoms with Crippen LogP contribution in [-0.2, 0) is 4.74 Å². The molecule has 4 heteroatoms. The zero-order chi connectivity index (χ0) is 14.3. The van der Waals surface area contributed by atoms with E-state index in [1.807, 2.05) is 25.7 Å². The fourth-order valence-corrected chi connectivity index (χ4v) is 2.57. The second kappa shape index (κ2) is 4.97. The first-order valence-corrected chi connectivity index (χ1v) is 7.44. The second-order valence-electron chi connectivity index (χ2n) is 7.45. The van der Waals surface area contributed by atoms with Crippen LogP contribution in [0.4, 0.5) is 4.79 Å². The lowest BCUT2D eigenvalue weighted by Crippen LogP contribution is -2.43. The number of hydrogen-bond acceptors (Lipinski definition) is 3. The first-order valence-electron chi connectivity index (χ1n) is 7.44. The molecule has 1 N–H and O–H groups in total. The summed E-state index contributed by atoms with van der Waals surface area (Å²) in [6.45, 7) is 11.9. The number of likely N-dealkylation sites (tertiary alicyclic amines) is 1. The van der Waals surface area contributed by atoms with Gasteiger partial charge in [-0.25, -0.2) is 4.79 Å². The highest BCUT2D eigenvalue weighted by atomic mass is 16.6. The Morgan fingerprint density at radius 3 is 2.58 bits per heavy atom. The second-order valence-corrected chi connectivity index (χ2v) is 7.45. The highest BCUT2D eigenvalue weighted by Gasteiger charge is 2.43. The van der Waals surface area contributed by atoms with Gasteiger partial charge >= 0.3 is 6.09 Å². The van der Waals surface area contributed by atoms with Gasteiger partial charge < -0.3 is 15.0 Å². The molecular weight excluding hydrogens is 240 g/mol. The van der Waals surface area contributed by atoms with Crippen molar-refractivity contribution in [2.24, 2.45) is 5.41 Å². The third-order valence-electron chi connectivity index (χ3n) is 4.41. The summed E-state index contributed by atoms with van der Waals surface area (Å²) >= 11 is 0. The van der Waals surface area contributed by atoms with E-state index in [2.05, 4.69) is 19.2 Å². The molecule has 0 aromatic heterocycles. The SMILES string of the molecule is CC(NC1CCN(C(=O)OC(C)(C)C)C1)C1(C)CC1. The molecular formula is C15H28N2O2. The smallest absolute Gasteiger partial charge is 0.410 e. The first-order chi connectivity index (χ1) is 8.70. The Kier molecular flexibility index (Phi) is 3.83. The van der Waals surface area contributed by atoms with Crippen molar-refractivity contribution in [3.63, 3.8) is 0 Å². The van der Waals surface area contributed by atoms with E-state index in [0.29, 0.717) is 17.5 Å². The van der Waals surface area contributed by atoms with Crippen LogP contribution in [0, 0.1) is 5.41 Å². The van der Waals surface area contributed by atoms with Gasteiger partial charge in [-0.2, -0.15) is 0 Å². The summed E-state index contributed by atoms with van der Waals surface area (Å²) in [5.41, 5.74) is 0.0801. The molecule has 2 fully saturated rings. The maximum absolute atomic E-state index is 12.0. The van der Waals surface area contributed by atoms with E-state index in [4.69, 9.17) is 4.74 Å². The van der Waals surface area contributed by atoms with Gasteiger partial charge in [-0.1, -0.05) is 6.92 Å². The van der Waals surface area contributed by atoms with Gasteiger partial charge in [0.15, 0.2) is 0 Å². The summed E-state index contributed by atoms with van der Waals surface area (Å²) < 4.78 is 5.41. The number of amides is 1. The van der Waals surface area contributed by atoms with Crippen molar-refractivity contribution in [2.75, 3.05) is 13.1 Å². The largest absolute Gasteiger partial charge is 0.444 e. The van der Waals surface area contributed by atoms with Gasteiger partial charge in [0.25, 0.3) is 0 Å². The Bertz CT molecular complexity index is 345. The Hall–Kier alpha value is -0.770. The number of nitrogens with zero attached hydrogens (tertiary/aromatic N) is 1. The molecule has 1 aliphatic carbocycles. The quantitative estimate of drug-likeness (QED) is 0.855. The first kappa shape index (κ1) is 14.6. The molecule has 1 heterocycles. The third kappa shape index (κ3) is 3.85. The molecule has 19 heavy (non-hydrogen) atoms. The topological polar surface area (TPSA) is 41.6 Å². The van der Waals surface area contributed by atoms with Crippen molar-refractivity contribution in [3.8, 4) is 0 Å². The number of ether oxygens (including phenoxy) is 1. The van der Waals surface area contributed by atoms with Crippen molar-refractivity contribution in [2.45, 2.75) is 71.6 Å². The highest BCUT2D eigenvalue weighted by molar-refractivity contribution is 5.68. The molecule has 110 valence electrons. The van der Waals surface area contributed by atoms with E-state index in [1.165, 1.54) is 12.8 Å². The van der Waals surface area contributed by atoms with Crippen molar-refractivity contribution in [1.82, 2.24) is 10.2 Å². The molecule has 4 nitrogen and oxygen atoms in total. The molecule has 0 spiro atoms. The maximum Gasteiger partial charge on any atom is 0.410 e. The number of carbonyl (C=O) groups is 1. The van der Waals surface area contributed by atoms with E-state index in [0.717, 1.165) is 19.5 Å². The van der Waals surface area contributed by atoms with Gasteiger partial charge in [-0.05, 0) is 52.4 Å². The van der Waals surface area contributed by atoms with E-state index in [1.54, 1.807) is 0 Å². The molecule has 2 unspecified atom stereocenters. The average molecular weight is 268 g/mol. The molecule has 1 saturated heterocycles. The van der Waals surface area contributed by atoms with Crippen LogP contribution in [0.25, 0.3) is 0 Å². The van der Waals surface area contributed by atoms with Crippen LogP contribution < -0.4 is 5.32 Å². The lowest BCUT2D eigenvalue weighted by atomic mass is 10.00. The Balaban J connectivity index is 1.78. The van der Waals surface area contributed by atoms with Crippen LogP contribution in [0.15, 0.2) is 0 Å². The minimum absolute atomic E-state index is 0.179. The minimum Gasteiger partial charge on any atom is -0.444 e. The van der Waals surface area contributed by atoms with Crippen LogP contribution in [-0.4, -0.2) is 41.8 Å². The molecule has 0 radical (unpaired) electrons. The molecule has 1 aliphatic heterocycles. The molecule has 1 saturated carbocycles. The van der Waals surface area contributed by atoms with E-state index in [-0.39, 0.29) is 6.09 Å². The van der Waals surface area contributed by atoms with Crippen LogP contribution >= 0.6 is 0 Å². The predicted molar refractivity (Wildman–Crippen MR) is 76.2 cm³/mol. The van der Waals surface area contributed by atoms with E-state index in [9.17, 15) is 4.79 Å². The standard InChI is InChI=1S/C15H28N2O2/c1-11(15(5)7-8-15)16-12-6-9-17(10-12)13(18)19-14(2,3)4/h11-12,16H,6-10H2,1-5H3. The van der Waals surface area contributed by atoms with Crippen LogP contribution in [0.1, 0.15) is 53.9 Å². The summed E-state index contributed by atoms with van der Waals surface area (Å²) in [7, 11) is 0. The number of hydrogen-bond donors (Lipinski definition) is 1. The number of nitrogens with one attached hydrogen (secondary N) is 1. The summed E-state index contributed by atoms with van der Waals surface area (Å²) in [4.78, 5) is 13.8. The van der Waals surface area contributed by atoms with Crippen molar-refractivity contribution in [3.05, 3.63) is 0 Å². The van der Waals surface area contributed by atoms with Crippen molar-refractivity contribution < 1.29 is 9.53 Å². The summed E-state index contributed by atoms with van der Waals surface area (Å²) in [5.74, 6) is 0. The predicted octanol–water partition coefficient (Wildman–Crippen LogP) is 2.77. The van der Waals surface area contributed by atoms with Crippen LogP contribution in [0.5, 0.6) is 0 Å². The normalized spacial score (nSPS) is 27.2. The van der Waals surface area contributed by atoms with Crippen LogP contribution in [0.2, 0.25) is 0 Å². The highest BCUT2D eigenvalue weighted by Crippen LogP contribution is 2.48. The number of rotatable bonds is 3. The molecule has 2 aliphatic rings. The van der Waals surface area contributed by atoms with Gasteiger partial charge in [0.1, 0.15) is 5.60 Å². The maximum atomic E-state index is 12.0. The fourth-order valence-electron chi connectivity index (χ4n) is 2.57. The van der Waals surface area contributed by atoms with Crippen molar-refractivity contribution >= 4 is 6.09 Å². The van der Waals surface area contributed by atoms with Gasteiger partial charge in [-0.15, -0.1) is 0 Å². The zero-order valence-electron chi connectivity index (χ0n) is 13.0. The fraction of sp³-hybridized carbons (Fsp3) is 0.933.